The fourth-order valence-electron chi connectivity index (χ4n) is 2.42. The number of nitrogens with zero attached hydrogens (tertiary/aromatic N) is 1. The van der Waals surface area contributed by atoms with Crippen molar-refractivity contribution in [1.29, 1.82) is 0 Å². The minimum atomic E-state index is -0.159. The zero-order chi connectivity index (χ0) is 15.2. The van der Waals surface area contributed by atoms with Crippen molar-refractivity contribution in [3.63, 3.8) is 0 Å². The second-order valence-electron chi connectivity index (χ2n) is 5.17. The lowest BCUT2D eigenvalue weighted by molar-refractivity contribution is 0.612. The molecule has 2 rings (SSSR count). The fraction of sp³-hybridized carbons (Fsp3) is 0.333. The van der Waals surface area contributed by atoms with E-state index >= 15 is 0 Å². The van der Waals surface area contributed by atoms with E-state index in [0.29, 0.717) is 12.1 Å². The van der Waals surface area contributed by atoms with Crippen LogP contribution in [-0.4, -0.2) is 13.1 Å². The van der Waals surface area contributed by atoms with Gasteiger partial charge in [0.1, 0.15) is 5.82 Å². The Balaban J connectivity index is 2.02. The van der Waals surface area contributed by atoms with E-state index in [-0.39, 0.29) is 5.82 Å². The Morgan fingerprint density at radius 3 is 2.29 bits per heavy atom. The number of rotatable bonds is 6. The highest BCUT2D eigenvalue weighted by Gasteiger charge is 2.04. The lowest BCUT2D eigenvalue weighted by Crippen LogP contribution is -2.21. The second-order valence-corrected chi connectivity index (χ2v) is 5.17. The first-order chi connectivity index (χ1) is 10.1. The zero-order valence-corrected chi connectivity index (χ0v) is 13.0. The summed E-state index contributed by atoms with van der Waals surface area (Å²) in [5.74, 6) is -0.159. The molecule has 0 bridgehead atoms. The molecule has 21 heavy (non-hydrogen) atoms. The number of hydrogen-bond donors (Lipinski definition) is 1. The Bertz CT molecular complexity index is 574. The number of aryl methyl sites for hydroxylation is 1. The van der Waals surface area contributed by atoms with Crippen molar-refractivity contribution in [2.45, 2.75) is 27.3 Å². The van der Waals surface area contributed by atoms with E-state index in [9.17, 15) is 4.39 Å². The highest BCUT2D eigenvalue weighted by Crippen LogP contribution is 2.19. The lowest BCUT2D eigenvalue weighted by atomic mass is 10.1. The normalized spacial score (nSPS) is 10.5. The molecule has 0 aromatic heterocycles. The van der Waals surface area contributed by atoms with Gasteiger partial charge < -0.3 is 10.2 Å². The van der Waals surface area contributed by atoms with Gasteiger partial charge in [0.05, 0.1) is 0 Å². The van der Waals surface area contributed by atoms with Crippen molar-refractivity contribution in [2.24, 2.45) is 0 Å². The minimum absolute atomic E-state index is 0.159. The number of anilines is 2. The molecule has 0 atom stereocenters. The molecule has 3 heteroatoms. The Morgan fingerprint density at radius 2 is 1.67 bits per heavy atom. The van der Waals surface area contributed by atoms with E-state index in [1.54, 1.807) is 6.07 Å². The molecule has 112 valence electrons. The average Bonchev–Trinajstić information content (AvgIpc) is 2.51. The van der Waals surface area contributed by atoms with Crippen LogP contribution in [-0.2, 0) is 6.54 Å². The van der Waals surface area contributed by atoms with Crippen molar-refractivity contribution in [1.82, 2.24) is 0 Å². The summed E-state index contributed by atoms with van der Waals surface area (Å²) in [4.78, 5) is 2.30. The molecule has 0 aliphatic rings. The van der Waals surface area contributed by atoms with Gasteiger partial charge in [-0.25, -0.2) is 4.39 Å². The van der Waals surface area contributed by atoms with Gasteiger partial charge in [0.15, 0.2) is 0 Å². The summed E-state index contributed by atoms with van der Waals surface area (Å²) in [6.07, 6.45) is 0. The van der Waals surface area contributed by atoms with E-state index in [1.165, 1.54) is 11.8 Å². The van der Waals surface area contributed by atoms with Gasteiger partial charge in [-0.2, -0.15) is 0 Å². The molecule has 0 saturated heterocycles. The Kier molecular flexibility index (Phi) is 5.20. The molecule has 2 nitrogen and oxygen atoms in total. The van der Waals surface area contributed by atoms with Crippen molar-refractivity contribution in [3.8, 4) is 0 Å². The number of benzene rings is 2. The summed E-state index contributed by atoms with van der Waals surface area (Å²) in [5, 5.41) is 3.27. The third-order valence-corrected chi connectivity index (χ3v) is 3.68. The first-order valence-electron chi connectivity index (χ1n) is 7.48. The summed E-state index contributed by atoms with van der Waals surface area (Å²) in [7, 11) is 0. The SMILES string of the molecule is CCN(CC)c1ccc(NCc2cc(C)ccc2F)cc1. The van der Waals surface area contributed by atoms with Crippen molar-refractivity contribution in [2.75, 3.05) is 23.3 Å². The highest BCUT2D eigenvalue weighted by atomic mass is 19.1. The monoisotopic (exact) mass is 286 g/mol. The third-order valence-electron chi connectivity index (χ3n) is 3.68. The van der Waals surface area contributed by atoms with Crippen molar-refractivity contribution < 1.29 is 4.39 Å². The molecule has 0 aliphatic carbocycles. The molecule has 2 aromatic carbocycles. The standard InChI is InChI=1S/C18H23FN2/c1-4-21(5-2)17-9-7-16(8-10-17)20-13-15-12-14(3)6-11-18(15)19/h6-12,20H,4-5,13H2,1-3H3. The van der Waals surface area contributed by atoms with Crippen LogP contribution in [0.15, 0.2) is 42.5 Å². The molecule has 0 spiro atoms. The summed E-state index contributed by atoms with van der Waals surface area (Å²) < 4.78 is 13.7. The first-order valence-corrected chi connectivity index (χ1v) is 7.48. The Morgan fingerprint density at radius 1 is 1.00 bits per heavy atom. The van der Waals surface area contributed by atoms with Crippen molar-refractivity contribution in [3.05, 3.63) is 59.4 Å². The van der Waals surface area contributed by atoms with Crippen LogP contribution >= 0.6 is 0 Å². The average molecular weight is 286 g/mol. The molecule has 0 heterocycles. The van der Waals surface area contributed by atoms with Crippen molar-refractivity contribution >= 4 is 11.4 Å². The highest BCUT2D eigenvalue weighted by molar-refractivity contribution is 5.55. The van der Waals surface area contributed by atoms with Crippen LogP contribution in [0, 0.1) is 12.7 Å². The van der Waals surface area contributed by atoms with Gasteiger partial charge in [0.2, 0.25) is 0 Å². The Hall–Kier alpha value is -2.03. The van der Waals surface area contributed by atoms with Crippen LogP contribution in [0.4, 0.5) is 15.8 Å². The van der Waals surface area contributed by atoms with Crippen LogP contribution in [0.1, 0.15) is 25.0 Å². The summed E-state index contributed by atoms with van der Waals surface area (Å²) in [6.45, 7) is 8.77. The van der Waals surface area contributed by atoms with Crippen LogP contribution in [0.2, 0.25) is 0 Å². The topological polar surface area (TPSA) is 15.3 Å². The van der Waals surface area contributed by atoms with E-state index in [2.05, 4.69) is 36.2 Å². The molecule has 0 fully saturated rings. The summed E-state index contributed by atoms with van der Waals surface area (Å²) in [6, 6.07) is 13.5. The van der Waals surface area contributed by atoms with E-state index in [0.717, 1.165) is 24.3 Å². The maximum absolute atomic E-state index is 13.7. The number of hydrogen-bond acceptors (Lipinski definition) is 2. The van der Waals surface area contributed by atoms with Gasteiger partial charge in [-0.3, -0.25) is 0 Å². The predicted octanol–water partition coefficient (Wildman–Crippen LogP) is 4.59. The molecular weight excluding hydrogens is 263 g/mol. The van der Waals surface area contributed by atoms with E-state index in [1.807, 2.05) is 25.1 Å². The van der Waals surface area contributed by atoms with E-state index < -0.39 is 0 Å². The van der Waals surface area contributed by atoms with Gasteiger partial charge >= 0.3 is 0 Å². The third kappa shape index (κ3) is 3.97. The molecule has 0 radical (unpaired) electrons. The summed E-state index contributed by atoms with van der Waals surface area (Å²) >= 11 is 0. The van der Waals surface area contributed by atoms with Crippen LogP contribution < -0.4 is 10.2 Å². The van der Waals surface area contributed by atoms with Gasteiger partial charge in [0, 0.05) is 36.6 Å². The quantitative estimate of drug-likeness (QED) is 0.835. The number of halogens is 1. The minimum Gasteiger partial charge on any atom is -0.381 e. The predicted molar refractivity (Wildman–Crippen MR) is 88.5 cm³/mol. The molecule has 0 amide bonds. The van der Waals surface area contributed by atoms with Crippen LogP contribution in [0.25, 0.3) is 0 Å². The molecule has 1 N–H and O–H groups in total. The largest absolute Gasteiger partial charge is 0.381 e. The molecule has 0 unspecified atom stereocenters. The van der Waals surface area contributed by atoms with Crippen LogP contribution in [0.5, 0.6) is 0 Å². The maximum atomic E-state index is 13.7. The van der Waals surface area contributed by atoms with Gasteiger partial charge in [-0.05, 0) is 51.1 Å². The first kappa shape index (κ1) is 15.4. The Labute approximate surface area is 126 Å². The van der Waals surface area contributed by atoms with Gasteiger partial charge in [0.25, 0.3) is 0 Å². The van der Waals surface area contributed by atoms with Gasteiger partial charge in [-0.15, -0.1) is 0 Å². The molecule has 2 aromatic rings. The van der Waals surface area contributed by atoms with Crippen LogP contribution in [0.3, 0.4) is 0 Å². The summed E-state index contributed by atoms with van der Waals surface area (Å²) in [5.41, 5.74) is 3.99. The lowest BCUT2D eigenvalue weighted by Gasteiger charge is -2.21. The maximum Gasteiger partial charge on any atom is 0.128 e. The number of nitrogens with one attached hydrogen (secondary N) is 1. The fourth-order valence-corrected chi connectivity index (χ4v) is 2.42. The second kappa shape index (κ2) is 7.11. The van der Waals surface area contributed by atoms with Gasteiger partial charge in [-0.1, -0.05) is 17.7 Å². The molecular formula is C18H23FN2. The smallest absolute Gasteiger partial charge is 0.128 e. The zero-order valence-electron chi connectivity index (χ0n) is 13.0. The molecule has 0 aliphatic heterocycles. The van der Waals surface area contributed by atoms with E-state index in [4.69, 9.17) is 0 Å². The molecule has 0 saturated carbocycles.